The number of hydrogen-bond acceptors (Lipinski definition) is 14. The lowest BCUT2D eigenvalue weighted by Crippen LogP contribution is -2.33. The normalized spacial score (nSPS) is 19.8. The maximum atomic E-state index is 12.9. The van der Waals surface area contributed by atoms with Crippen LogP contribution in [0.5, 0.6) is 0 Å². The molecule has 0 aromatic rings. The van der Waals surface area contributed by atoms with Gasteiger partial charge in [0.15, 0.2) is 0 Å². The lowest BCUT2D eigenvalue weighted by molar-refractivity contribution is -0.140. The molecule has 4 atom stereocenters. The van der Waals surface area contributed by atoms with Crippen LogP contribution in [-0.4, -0.2) is 132 Å². The number of carbonyl (C=O) groups is 6. The number of hydrogen-bond donors (Lipinski definition) is 2. The Kier molecular flexibility index (Phi) is 22.9. The maximum absolute atomic E-state index is 12.9. The average Bonchev–Trinajstić information content (AvgIpc) is 3.57. The van der Waals surface area contributed by atoms with Crippen molar-refractivity contribution in [3.05, 3.63) is 0 Å². The van der Waals surface area contributed by atoms with Crippen LogP contribution in [0.2, 0.25) is 0 Å². The Bertz CT molecular complexity index is 1390. The van der Waals surface area contributed by atoms with Crippen LogP contribution in [0.3, 0.4) is 0 Å². The standard InChI is InChI=1S/C35H62N4O12P2S2/c1-26(2)52(46,48-5)50-20-13-9-10-16-36-30(40)14-22-54-28-24-32(42)38(34(28)44)18-11-7-8-12-19-39-33(43)25-29(35(39)45)55-23-15-31(41)37-17-21-51-53(47,49-6)27(3)4/h26-29H,7-25H2,1-6H3,(H,36,40)(H,37,41). The van der Waals surface area contributed by atoms with E-state index in [4.69, 9.17) is 18.1 Å². The highest BCUT2D eigenvalue weighted by Crippen LogP contribution is 2.52. The summed E-state index contributed by atoms with van der Waals surface area (Å²) in [5.41, 5.74) is -0.509. The molecule has 20 heteroatoms. The second kappa shape index (κ2) is 25.6. The summed E-state index contributed by atoms with van der Waals surface area (Å²) < 4.78 is 45.5. The highest BCUT2D eigenvalue weighted by molar-refractivity contribution is 8.00. The van der Waals surface area contributed by atoms with Gasteiger partial charge < -0.3 is 28.7 Å². The number of nitrogens with zero attached hydrogens (tertiary/aromatic N) is 2. The van der Waals surface area contributed by atoms with E-state index < -0.39 is 25.7 Å². The first-order valence-electron chi connectivity index (χ1n) is 19.1. The second-order valence-electron chi connectivity index (χ2n) is 13.9. The molecule has 6 amide bonds. The molecular weight excluding hydrogens is 794 g/mol. The van der Waals surface area contributed by atoms with Crippen molar-refractivity contribution >= 4 is 74.2 Å². The van der Waals surface area contributed by atoms with Crippen molar-refractivity contribution in [2.45, 2.75) is 120 Å². The Balaban J connectivity index is 1.53. The summed E-state index contributed by atoms with van der Waals surface area (Å²) in [6.45, 7) is 8.72. The van der Waals surface area contributed by atoms with Gasteiger partial charge in [-0.1, -0.05) is 40.5 Å². The molecule has 2 aliphatic heterocycles. The van der Waals surface area contributed by atoms with Crippen molar-refractivity contribution in [3.63, 3.8) is 0 Å². The zero-order valence-corrected chi connectivity index (χ0v) is 36.7. The molecule has 16 nitrogen and oxygen atoms in total. The van der Waals surface area contributed by atoms with E-state index in [0.717, 1.165) is 25.7 Å². The summed E-state index contributed by atoms with van der Waals surface area (Å²) in [6.07, 6.45) is 5.55. The van der Waals surface area contributed by atoms with E-state index in [-0.39, 0.29) is 85.6 Å². The number of imide groups is 2. The molecule has 0 radical (unpaired) electrons. The van der Waals surface area contributed by atoms with Gasteiger partial charge in [-0.05, 0) is 32.1 Å². The number of thioether (sulfide) groups is 2. The van der Waals surface area contributed by atoms with Gasteiger partial charge in [0.2, 0.25) is 35.4 Å². The number of likely N-dealkylation sites (tertiary alicyclic amines) is 2. The summed E-state index contributed by atoms with van der Waals surface area (Å²) in [5.74, 6) is -0.469. The molecule has 2 aliphatic rings. The number of carbonyl (C=O) groups excluding carboxylic acids is 6. The van der Waals surface area contributed by atoms with E-state index in [0.29, 0.717) is 57.0 Å². The number of amides is 6. The fourth-order valence-electron chi connectivity index (χ4n) is 5.71. The van der Waals surface area contributed by atoms with E-state index >= 15 is 0 Å². The Hall–Kier alpha value is -1.78. The summed E-state index contributed by atoms with van der Waals surface area (Å²) in [6, 6.07) is 0. The molecule has 316 valence electrons. The molecule has 0 aliphatic carbocycles. The van der Waals surface area contributed by atoms with Gasteiger partial charge in [0, 0.05) is 77.6 Å². The summed E-state index contributed by atoms with van der Waals surface area (Å²) in [4.78, 5) is 77.7. The molecule has 2 saturated heterocycles. The van der Waals surface area contributed by atoms with E-state index in [1.807, 2.05) is 0 Å². The van der Waals surface area contributed by atoms with Crippen molar-refractivity contribution < 1.29 is 56.0 Å². The third-order valence-corrected chi connectivity index (χ3v) is 16.2. The number of rotatable bonds is 30. The van der Waals surface area contributed by atoms with Crippen LogP contribution in [0.15, 0.2) is 0 Å². The van der Waals surface area contributed by atoms with Crippen LogP contribution in [-0.2, 0) is 56.0 Å². The van der Waals surface area contributed by atoms with Gasteiger partial charge >= 0.3 is 15.2 Å². The minimum atomic E-state index is -3.20. The van der Waals surface area contributed by atoms with E-state index in [2.05, 4.69) is 10.6 Å². The van der Waals surface area contributed by atoms with E-state index in [1.165, 1.54) is 47.5 Å². The monoisotopic (exact) mass is 856 g/mol. The first-order chi connectivity index (χ1) is 26.1. The molecule has 0 aromatic carbocycles. The fourth-order valence-corrected chi connectivity index (χ4v) is 10.3. The predicted octanol–water partition coefficient (Wildman–Crippen LogP) is 4.98. The molecule has 2 N–H and O–H groups in total. The Morgan fingerprint density at radius 2 is 1.07 bits per heavy atom. The number of unbranched alkanes of at least 4 members (excludes halogenated alkanes) is 5. The molecule has 2 fully saturated rings. The van der Waals surface area contributed by atoms with Crippen molar-refractivity contribution in [1.29, 1.82) is 0 Å². The van der Waals surface area contributed by atoms with Gasteiger partial charge in [0.1, 0.15) is 0 Å². The highest BCUT2D eigenvalue weighted by atomic mass is 32.2. The third kappa shape index (κ3) is 16.9. The Morgan fingerprint density at radius 1 is 0.655 bits per heavy atom. The molecule has 0 aromatic heterocycles. The Labute approximate surface area is 334 Å². The van der Waals surface area contributed by atoms with Crippen LogP contribution in [0.1, 0.15) is 98.3 Å². The Morgan fingerprint density at radius 3 is 1.51 bits per heavy atom. The van der Waals surface area contributed by atoms with Gasteiger partial charge in [0.05, 0.1) is 35.0 Å². The first kappa shape index (κ1) is 49.4. The largest absolute Gasteiger partial charge is 0.356 e. The fraction of sp³-hybridized carbons (Fsp3) is 0.829. The van der Waals surface area contributed by atoms with Crippen LogP contribution in [0.25, 0.3) is 0 Å². The van der Waals surface area contributed by atoms with Gasteiger partial charge in [-0.15, -0.1) is 23.5 Å². The topological polar surface area (TPSA) is 204 Å². The smallest absolute Gasteiger partial charge is 0.332 e. The summed E-state index contributed by atoms with van der Waals surface area (Å²) in [5, 5.41) is 4.54. The maximum Gasteiger partial charge on any atom is 0.332 e. The zero-order valence-electron chi connectivity index (χ0n) is 33.2. The van der Waals surface area contributed by atoms with Crippen LogP contribution in [0.4, 0.5) is 0 Å². The highest BCUT2D eigenvalue weighted by Gasteiger charge is 2.39. The summed E-state index contributed by atoms with van der Waals surface area (Å²) in [7, 11) is -3.56. The molecule has 0 spiro atoms. The second-order valence-corrected chi connectivity index (χ2v) is 22.0. The lowest BCUT2D eigenvalue weighted by atomic mass is 10.2. The quantitative estimate of drug-likeness (QED) is 0.0556. The SMILES string of the molecule is COP(=O)(OCCCCCNC(=O)CCSC1CC(=O)N(CCCCCCN2C(=O)CC(SCCC(=O)NCCOP(=O)(OC)C(C)C)C2=O)C1=O)C(C)C. The van der Waals surface area contributed by atoms with Crippen molar-refractivity contribution in [2.75, 3.05) is 65.1 Å². The predicted molar refractivity (Wildman–Crippen MR) is 214 cm³/mol. The van der Waals surface area contributed by atoms with Crippen molar-refractivity contribution in [2.24, 2.45) is 0 Å². The van der Waals surface area contributed by atoms with Crippen LogP contribution >= 0.6 is 38.7 Å². The minimum absolute atomic E-state index is 0.0487. The molecule has 4 unspecified atom stereocenters. The van der Waals surface area contributed by atoms with Crippen LogP contribution < -0.4 is 10.6 Å². The van der Waals surface area contributed by atoms with Gasteiger partial charge in [0.25, 0.3) is 0 Å². The first-order valence-corrected chi connectivity index (χ1v) is 24.5. The van der Waals surface area contributed by atoms with E-state index in [9.17, 15) is 37.9 Å². The summed E-state index contributed by atoms with van der Waals surface area (Å²) >= 11 is 2.60. The minimum Gasteiger partial charge on any atom is -0.356 e. The molecule has 55 heavy (non-hydrogen) atoms. The van der Waals surface area contributed by atoms with Crippen LogP contribution in [0, 0.1) is 0 Å². The molecule has 2 rings (SSSR count). The number of nitrogens with one attached hydrogen (secondary N) is 2. The molecular formula is C35H62N4O12P2S2. The average molecular weight is 857 g/mol. The molecule has 2 heterocycles. The van der Waals surface area contributed by atoms with E-state index in [1.54, 1.807) is 27.7 Å². The lowest BCUT2D eigenvalue weighted by Gasteiger charge is -2.19. The van der Waals surface area contributed by atoms with Crippen molar-refractivity contribution in [1.82, 2.24) is 20.4 Å². The zero-order chi connectivity index (χ0) is 41.0. The van der Waals surface area contributed by atoms with Crippen molar-refractivity contribution in [3.8, 4) is 0 Å². The van der Waals surface area contributed by atoms with Gasteiger partial charge in [-0.2, -0.15) is 0 Å². The van der Waals surface area contributed by atoms with Gasteiger partial charge in [-0.3, -0.25) is 47.7 Å². The van der Waals surface area contributed by atoms with Gasteiger partial charge in [-0.25, -0.2) is 0 Å². The molecule has 0 bridgehead atoms. The molecule has 0 saturated carbocycles. The third-order valence-electron chi connectivity index (χ3n) is 9.10.